The maximum atomic E-state index is 13.6. The van der Waals surface area contributed by atoms with Crippen LogP contribution in [0.5, 0.6) is 11.5 Å². The largest absolute Gasteiger partial charge is 0.480 e. The van der Waals surface area contributed by atoms with E-state index in [1.165, 1.54) is 0 Å². The molecule has 0 saturated heterocycles. The van der Waals surface area contributed by atoms with Crippen LogP contribution in [0, 0.1) is 0 Å². The first-order chi connectivity index (χ1) is 14.4. The third-order valence-corrected chi connectivity index (χ3v) is 6.02. The summed E-state index contributed by atoms with van der Waals surface area (Å²) in [6, 6.07) is 11.8. The number of ketones is 1. The van der Waals surface area contributed by atoms with E-state index in [0.717, 1.165) is 16.5 Å². The van der Waals surface area contributed by atoms with Crippen molar-refractivity contribution in [2.75, 3.05) is 6.79 Å². The molecule has 3 aromatic rings. The fourth-order valence-electron chi connectivity index (χ4n) is 4.46. The Hall–Kier alpha value is -3.03. The van der Waals surface area contributed by atoms with Crippen LogP contribution in [-0.4, -0.2) is 40.1 Å². The van der Waals surface area contributed by atoms with Crippen LogP contribution in [-0.2, 0) is 21.5 Å². The zero-order valence-electron chi connectivity index (χ0n) is 16.1. The molecule has 154 valence electrons. The molecule has 30 heavy (non-hydrogen) atoms. The van der Waals surface area contributed by atoms with Crippen LogP contribution in [0.15, 0.2) is 42.5 Å². The van der Waals surface area contributed by atoms with E-state index >= 15 is 0 Å². The lowest BCUT2D eigenvalue weighted by Crippen LogP contribution is -2.61. The van der Waals surface area contributed by atoms with Gasteiger partial charge in [0, 0.05) is 17.3 Å². The zero-order valence-corrected chi connectivity index (χ0v) is 16.8. The van der Waals surface area contributed by atoms with Crippen LogP contribution < -0.4 is 14.8 Å². The van der Waals surface area contributed by atoms with Gasteiger partial charge in [-0.05, 0) is 36.2 Å². The van der Waals surface area contributed by atoms with Crippen molar-refractivity contribution in [1.82, 2.24) is 10.3 Å². The Labute approximate surface area is 176 Å². The first-order valence-corrected chi connectivity index (χ1v) is 10.0. The number of rotatable bonds is 4. The SMILES string of the molecule is CC(Cl)C(=O)C1(c2ccc3c(c2)OCO3)NC(C(=O)O)Cc2c1[nH]c1ccccc21. The molecule has 0 aliphatic carbocycles. The number of Topliss-reactive ketones (excluding diaryl/α,β-unsaturated/α-hetero) is 1. The predicted octanol–water partition coefficient (Wildman–Crippen LogP) is 2.94. The van der Waals surface area contributed by atoms with Gasteiger partial charge >= 0.3 is 5.97 Å². The summed E-state index contributed by atoms with van der Waals surface area (Å²) < 4.78 is 10.9. The van der Waals surface area contributed by atoms with Crippen LogP contribution in [0.2, 0.25) is 0 Å². The third-order valence-electron chi connectivity index (χ3n) is 5.82. The summed E-state index contributed by atoms with van der Waals surface area (Å²) in [5, 5.41) is 13.0. The van der Waals surface area contributed by atoms with Gasteiger partial charge in [0.15, 0.2) is 17.3 Å². The highest BCUT2D eigenvalue weighted by atomic mass is 35.5. The molecule has 0 amide bonds. The van der Waals surface area contributed by atoms with Gasteiger partial charge in [-0.15, -0.1) is 11.6 Å². The number of hydrogen-bond acceptors (Lipinski definition) is 5. The van der Waals surface area contributed by atoms with Crippen molar-refractivity contribution in [2.24, 2.45) is 0 Å². The molecule has 2 aliphatic rings. The second kappa shape index (κ2) is 6.75. The molecule has 8 heteroatoms. The number of carboxylic acid groups (broad SMARTS) is 1. The van der Waals surface area contributed by atoms with Gasteiger partial charge < -0.3 is 19.6 Å². The number of H-pyrrole nitrogens is 1. The molecular formula is C22H19ClN2O5. The molecule has 2 aliphatic heterocycles. The van der Waals surface area contributed by atoms with E-state index in [0.29, 0.717) is 22.8 Å². The molecule has 2 aromatic carbocycles. The van der Waals surface area contributed by atoms with Crippen molar-refractivity contribution < 1.29 is 24.2 Å². The first-order valence-electron chi connectivity index (χ1n) is 9.61. The predicted molar refractivity (Wildman–Crippen MR) is 110 cm³/mol. The third kappa shape index (κ3) is 2.62. The lowest BCUT2D eigenvalue weighted by Gasteiger charge is -2.41. The topological polar surface area (TPSA) is 101 Å². The Morgan fingerprint density at radius 1 is 1.20 bits per heavy atom. The van der Waals surface area contributed by atoms with Gasteiger partial charge in [-0.3, -0.25) is 14.9 Å². The second-order valence-corrected chi connectivity index (χ2v) is 8.22. The van der Waals surface area contributed by atoms with Crippen molar-refractivity contribution in [3.8, 4) is 11.5 Å². The van der Waals surface area contributed by atoms with Gasteiger partial charge in [0.2, 0.25) is 6.79 Å². The highest BCUT2D eigenvalue weighted by molar-refractivity contribution is 6.32. The smallest absolute Gasteiger partial charge is 0.321 e. The molecule has 3 unspecified atom stereocenters. The number of para-hydroxylation sites is 1. The highest BCUT2D eigenvalue weighted by Gasteiger charge is 2.52. The monoisotopic (exact) mass is 426 g/mol. The molecule has 5 rings (SSSR count). The molecule has 0 saturated carbocycles. The Morgan fingerprint density at radius 3 is 2.73 bits per heavy atom. The van der Waals surface area contributed by atoms with Crippen LogP contribution in [0.25, 0.3) is 10.9 Å². The van der Waals surface area contributed by atoms with E-state index in [2.05, 4.69) is 10.3 Å². The van der Waals surface area contributed by atoms with Crippen LogP contribution in [0.1, 0.15) is 23.7 Å². The lowest BCUT2D eigenvalue weighted by molar-refractivity contribution is -0.140. The molecule has 0 bridgehead atoms. The summed E-state index contributed by atoms with van der Waals surface area (Å²) in [6.45, 7) is 1.68. The average molecular weight is 427 g/mol. The van der Waals surface area contributed by atoms with E-state index < -0.39 is 22.9 Å². The second-order valence-electron chi connectivity index (χ2n) is 7.56. The lowest BCUT2D eigenvalue weighted by atomic mass is 9.75. The van der Waals surface area contributed by atoms with Gasteiger partial charge in [0.05, 0.1) is 11.1 Å². The maximum Gasteiger partial charge on any atom is 0.321 e. The first kappa shape index (κ1) is 19.0. The van der Waals surface area contributed by atoms with E-state index in [-0.39, 0.29) is 19.0 Å². The van der Waals surface area contributed by atoms with E-state index in [4.69, 9.17) is 21.1 Å². The number of nitrogens with one attached hydrogen (secondary N) is 2. The van der Waals surface area contributed by atoms with Crippen LogP contribution >= 0.6 is 11.6 Å². The van der Waals surface area contributed by atoms with E-state index in [1.807, 2.05) is 24.3 Å². The normalized spacial score (nSPS) is 23.2. The molecular weight excluding hydrogens is 408 g/mol. The number of carboxylic acids is 1. The number of aromatic nitrogens is 1. The number of carbonyl (C=O) groups excluding carboxylic acids is 1. The molecule has 3 atom stereocenters. The Bertz CT molecular complexity index is 1190. The number of hydrogen-bond donors (Lipinski definition) is 3. The molecule has 0 spiro atoms. The quantitative estimate of drug-likeness (QED) is 0.554. The number of alkyl halides is 1. The summed E-state index contributed by atoms with van der Waals surface area (Å²) in [5.41, 5.74) is 1.30. The average Bonchev–Trinajstić information content (AvgIpc) is 3.36. The molecule has 1 aromatic heterocycles. The zero-order chi connectivity index (χ0) is 21.0. The van der Waals surface area contributed by atoms with Crippen molar-refractivity contribution in [1.29, 1.82) is 0 Å². The number of fused-ring (bicyclic) bond motifs is 4. The number of carbonyl (C=O) groups is 2. The molecule has 0 radical (unpaired) electrons. The standard InChI is InChI=1S/C22H19ClN2O5/c1-11(23)20(26)22(12-6-7-17-18(8-12)30-10-29-17)19-14(9-16(25-22)21(27)28)13-4-2-3-5-15(13)24-19/h2-8,11,16,24-25H,9-10H2,1H3,(H,27,28). The summed E-state index contributed by atoms with van der Waals surface area (Å²) >= 11 is 6.30. The van der Waals surface area contributed by atoms with Gasteiger partial charge in [-0.1, -0.05) is 24.3 Å². The minimum absolute atomic E-state index is 0.0917. The van der Waals surface area contributed by atoms with Gasteiger partial charge in [0.25, 0.3) is 0 Å². The number of aliphatic carboxylic acids is 1. The molecule has 3 heterocycles. The summed E-state index contributed by atoms with van der Waals surface area (Å²) in [6.07, 6.45) is 0.241. The van der Waals surface area contributed by atoms with Gasteiger partial charge in [-0.25, -0.2) is 0 Å². The van der Waals surface area contributed by atoms with Gasteiger partial charge in [0.1, 0.15) is 11.6 Å². The van der Waals surface area contributed by atoms with Crippen molar-refractivity contribution in [3.05, 3.63) is 59.3 Å². The molecule has 7 nitrogen and oxygen atoms in total. The fraction of sp³-hybridized carbons (Fsp3) is 0.273. The summed E-state index contributed by atoms with van der Waals surface area (Å²) in [7, 11) is 0. The highest BCUT2D eigenvalue weighted by Crippen LogP contribution is 2.44. The Morgan fingerprint density at radius 2 is 1.97 bits per heavy atom. The minimum Gasteiger partial charge on any atom is -0.480 e. The number of halogens is 1. The van der Waals surface area contributed by atoms with Crippen molar-refractivity contribution in [2.45, 2.75) is 30.3 Å². The van der Waals surface area contributed by atoms with Crippen LogP contribution in [0.4, 0.5) is 0 Å². The minimum atomic E-state index is -1.47. The number of benzene rings is 2. The fourth-order valence-corrected chi connectivity index (χ4v) is 4.63. The Balaban J connectivity index is 1.83. The number of ether oxygens (including phenoxy) is 2. The number of aromatic amines is 1. The van der Waals surface area contributed by atoms with E-state index in [9.17, 15) is 14.7 Å². The van der Waals surface area contributed by atoms with Crippen molar-refractivity contribution >= 4 is 34.3 Å². The molecule has 0 fully saturated rings. The molecule has 3 N–H and O–H groups in total. The van der Waals surface area contributed by atoms with E-state index in [1.54, 1.807) is 25.1 Å². The van der Waals surface area contributed by atoms with Gasteiger partial charge in [-0.2, -0.15) is 0 Å². The Kier molecular flexibility index (Phi) is 4.27. The maximum absolute atomic E-state index is 13.6. The summed E-state index contributed by atoms with van der Waals surface area (Å²) in [5.74, 6) is -0.311. The summed E-state index contributed by atoms with van der Waals surface area (Å²) in [4.78, 5) is 29.1. The van der Waals surface area contributed by atoms with Crippen molar-refractivity contribution in [3.63, 3.8) is 0 Å². The van der Waals surface area contributed by atoms with Crippen LogP contribution in [0.3, 0.4) is 0 Å².